The van der Waals surface area contributed by atoms with Crippen LogP contribution in [0.1, 0.15) is 69.6 Å². The predicted molar refractivity (Wildman–Crippen MR) is 157 cm³/mol. The predicted octanol–water partition coefficient (Wildman–Crippen LogP) is 7.42. The van der Waals surface area contributed by atoms with Crippen LogP contribution in [0.5, 0.6) is 0 Å². The van der Waals surface area contributed by atoms with E-state index in [0.29, 0.717) is 12.3 Å². The Bertz CT molecular complexity index is 1160. The molecule has 0 aromatic heterocycles. The molecule has 2 aromatic carbocycles. The lowest BCUT2D eigenvalue weighted by atomic mass is 9.89. The topological polar surface area (TPSA) is 58.6 Å². The van der Waals surface area contributed by atoms with Crippen molar-refractivity contribution in [2.24, 2.45) is 11.8 Å². The van der Waals surface area contributed by atoms with Crippen molar-refractivity contribution in [3.63, 3.8) is 0 Å². The number of nitrogens with zero attached hydrogens (tertiary/aromatic N) is 1. The molecule has 6 heteroatoms. The van der Waals surface area contributed by atoms with Gasteiger partial charge in [-0.1, -0.05) is 66.2 Å². The number of carbonyl (C=O) groups excluding carboxylic acids is 2. The van der Waals surface area contributed by atoms with Crippen LogP contribution in [-0.4, -0.2) is 36.2 Å². The summed E-state index contributed by atoms with van der Waals surface area (Å²) in [4.78, 5) is 26.9. The van der Waals surface area contributed by atoms with Crippen LogP contribution in [0.3, 0.4) is 0 Å². The van der Waals surface area contributed by atoms with E-state index in [1.807, 2.05) is 56.3 Å². The number of anilines is 1. The number of piperidine rings is 1. The SMILES string of the molecule is CC(=O)C1CC=CC=C1OC(CCN1CCC(c2cccc(NC(=O)C(C)C)c2)CC1)c1ccc(Br)cc1. The van der Waals surface area contributed by atoms with E-state index in [9.17, 15) is 9.59 Å². The molecular formula is C32H39BrN2O3. The maximum atomic E-state index is 12.2. The number of rotatable bonds is 10. The van der Waals surface area contributed by atoms with Crippen LogP contribution < -0.4 is 5.32 Å². The van der Waals surface area contributed by atoms with Crippen molar-refractivity contribution in [1.82, 2.24) is 4.90 Å². The summed E-state index contributed by atoms with van der Waals surface area (Å²) < 4.78 is 7.59. The van der Waals surface area contributed by atoms with E-state index in [-0.39, 0.29) is 29.6 Å². The second-order valence-electron chi connectivity index (χ2n) is 10.7. The number of halogens is 1. The Morgan fingerprint density at radius 2 is 1.84 bits per heavy atom. The van der Waals surface area contributed by atoms with Gasteiger partial charge in [-0.3, -0.25) is 9.59 Å². The fourth-order valence-electron chi connectivity index (χ4n) is 5.18. The van der Waals surface area contributed by atoms with Gasteiger partial charge in [0.2, 0.25) is 5.91 Å². The number of likely N-dealkylation sites (tertiary alicyclic amines) is 1. The highest BCUT2D eigenvalue weighted by molar-refractivity contribution is 9.10. The molecule has 202 valence electrons. The lowest BCUT2D eigenvalue weighted by molar-refractivity contribution is -0.121. The van der Waals surface area contributed by atoms with Crippen LogP contribution in [0, 0.1) is 11.8 Å². The highest BCUT2D eigenvalue weighted by Gasteiger charge is 2.27. The third-order valence-electron chi connectivity index (χ3n) is 7.57. The summed E-state index contributed by atoms with van der Waals surface area (Å²) in [6.45, 7) is 8.46. The van der Waals surface area contributed by atoms with Crippen LogP contribution in [-0.2, 0) is 14.3 Å². The highest BCUT2D eigenvalue weighted by Crippen LogP contribution is 2.33. The maximum Gasteiger partial charge on any atom is 0.226 e. The molecule has 0 saturated carbocycles. The third kappa shape index (κ3) is 7.67. The fourth-order valence-corrected chi connectivity index (χ4v) is 5.44. The van der Waals surface area contributed by atoms with Crippen LogP contribution in [0.4, 0.5) is 5.69 Å². The van der Waals surface area contributed by atoms with E-state index >= 15 is 0 Å². The number of nitrogens with one attached hydrogen (secondary N) is 1. The Labute approximate surface area is 235 Å². The zero-order chi connectivity index (χ0) is 27.1. The average Bonchev–Trinajstić information content (AvgIpc) is 2.92. The maximum absolute atomic E-state index is 12.2. The first-order valence-corrected chi connectivity index (χ1v) is 14.5. The summed E-state index contributed by atoms with van der Waals surface area (Å²) in [5, 5.41) is 3.03. The minimum absolute atomic E-state index is 0.0358. The van der Waals surface area contributed by atoms with Crippen molar-refractivity contribution >= 4 is 33.3 Å². The monoisotopic (exact) mass is 578 g/mol. The summed E-state index contributed by atoms with van der Waals surface area (Å²) in [6.07, 6.45) is 9.60. The van der Waals surface area contributed by atoms with Gasteiger partial charge in [0.25, 0.3) is 0 Å². The Morgan fingerprint density at radius 3 is 2.53 bits per heavy atom. The Morgan fingerprint density at radius 1 is 1.11 bits per heavy atom. The number of carbonyl (C=O) groups is 2. The molecule has 1 heterocycles. The van der Waals surface area contributed by atoms with Crippen LogP contribution in [0.25, 0.3) is 0 Å². The van der Waals surface area contributed by atoms with Gasteiger partial charge in [-0.2, -0.15) is 0 Å². The number of hydrogen-bond acceptors (Lipinski definition) is 4. The molecule has 2 unspecified atom stereocenters. The lowest BCUT2D eigenvalue weighted by Gasteiger charge is -2.34. The quantitative estimate of drug-likeness (QED) is 0.318. The van der Waals surface area contributed by atoms with Gasteiger partial charge in [0.15, 0.2) is 0 Å². The average molecular weight is 580 g/mol. The van der Waals surface area contributed by atoms with E-state index in [0.717, 1.165) is 60.4 Å². The second kappa shape index (κ2) is 13.4. The van der Waals surface area contributed by atoms with Crippen LogP contribution >= 0.6 is 15.9 Å². The molecule has 38 heavy (non-hydrogen) atoms. The molecule has 2 atom stereocenters. The van der Waals surface area contributed by atoms with Gasteiger partial charge in [0.05, 0.1) is 5.92 Å². The number of benzene rings is 2. The Balaban J connectivity index is 1.36. The third-order valence-corrected chi connectivity index (χ3v) is 8.10. The van der Waals surface area contributed by atoms with E-state index < -0.39 is 0 Å². The number of hydrogen-bond donors (Lipinski definition) is 1. The summed E-state index contributed by atoms with van der Waals surface area (Å²) in [6, 6.07) is 16.6. The molecule has 1 aliphatic carbocycles. The van der Waals surface area contributed by atoms with Crippen molar-refractivity contribution < 1.29 is 14.3 Å². The summed E-state index contributed by atoms with van der Waals surface area (Å²) in [7, 11) is 0. The first-order chi connectivity index (χ1) is 18.3. The molecule has 2 aromatic rings. The Hall–Kier alpha value is -2.70. The zero-order valence-electron chi connectivity index (χ0n) is 22.7. The van der Waals surface area contributed by atoms with Gasteiger partial charge < -0.3 is 15.0 Å². The molecule has 2 aliphatic rings. The summed E-state index contributed by atoms with van der Waals surface area (Å²) in [5.41, 5.74) is 3.31. The molecule has 5 nitrogen and oxygen atoms in total. The van der Waals surface area contributed by atoms with Gasteiger partial charge in [0, 0.05) is 29.0 Å². The number of ether oxygens (including phenoxy) is 1. The minimum atomic E-state index is -0.199. The molecule has 1 fully saturated rings. The second-order valence-corrected chi connectivity index (χ2v) is 11.6. The van der Waals surface area contributed by atoms with E-state index in [2.05, 4.69) is 50.4 Å². The number of Topliss-reactive ketones (excluding diaryl/α,β-unsaturated/α-hetero) is 1. The largest absolute Gasteiger partial charge is 0.489 e. The molecule has 0 radical (unpaired) electrons. The van der Waals surface area contributed by atoms with Gasteiger partial charge in [0.1, 0.15) is 17.6 Å². The molecule has 0 spiro atoms. The van der Waals surface area contributed by atoms with Crippen molar-refractivity contribution in [2.75, 3.05) is 25.0 Å². The lowest BCUT2D eigenvalue weighted by Crippen LogP contribution is -2.34. The summed E-state index contributed by atoms with van der Waals surface area (Å²) in [5.74, 6) is 1.23. The summed E-state index contributed by atoms with van der Waals surface area (Å²) >= 11 is 3.54. The van der Waals surface area contributed by atoms with E-state index in [1.54, 1.807) is 6.92 Å². The van der Waals surface area contributed by atoms with E-state index in [4.69, 9.17) is 4.74 Å². The smallest absolute Gasteiger partial charge is 0.226 e. The van der Waals surface area contributed by atoms with Gasteiger partial charge >= 0.3 is 0 Å². The number of ketones is 1. The van der Waals surface area contributed by atoms with Gasteiger partial charge in [-0.15, -0.1) is 0 Å². The van der Waals surface area contributed by atoms with Crippen molar-refractivity contribution in [1.29, 1.82) is 0 Å². The van der Waals surface area contributed by atoms with Crippen molar-refractivity contribution in [3.05, 3.63) is 88.1 Å². The molecule has 1 aliphatic heterocycles. The molecular weight excluding hydrogens is 540 g/mol. The first-order valence-electron chi connectivity index (χ1n) is 13.7. The molecule has 1 amide bonds. The fraction of sp³-hybridized carbons (Fsp3) is 0.438. The van der Waals surface area contributed by atoms with Gasteiger partial charge in [-0.05, 0) is 86.7 Å². The first kappa shape index (κ1) is 28.3. The molecule has 1 saturated heterocycles. The van der Waals surface area contributed by atoms with Crippen LogP contribution in [0.15, 0.2) is 77.0 Å². The van der Waals surface area contributed by atoms with Crippen molar-refractivity contribution in [3.8, 4) is 0 Å². The van der Waals surface area contributed by atoms with E-state index in [1.165, 1.54) is 5.56 Å². The number of amides is 1. The van der Waals surface area contributed by atoms with Gasteiger partial charge in [-0.25, -0.2) is 0 Å². The standard InChI is InChI=1S/C32H39BrN2O3/c1-22(2)32(37)34-28-8-6-7-26(21-28)24-15-18-35(19-16-24)20-17-30(25-11-13-27(33)14-12-25)38-31-10-5-4-9-29(31)23(3)36/h4-8,10-14,21-22,24,29-30H,9,15-20H2,1-3H3,(H,34,37). The minimum Gasteiger partial charge on any atom is -0.489 e. The Kier molecular flexibility index (Phi) is 9.97. The molecule has 1 N–H and O–H groups in total. The van der Waals surface area contributed by atoms with Crippen LogP contribution in [0.2, 0.25) is 0 Å². The normalized spacial score (nSPS) is 19.2. The molecule has 0 bridgehead atoms. The van der Waals surface area contributed by atoms with Crippen molar-refractivity contribution in [2.45, 2.75) is 58.5 Å². The molecule has 4 rings (SSSR count). The number of allylic oxidation sites excluding steroid dienone is 4. The highest BCUT2D eigenvalue weighted by atomic mass is 79.9. The zero-order valence-corrected chi connectivity index (χ0v) is 24.2.